The third-order valence-corrected chi connectivity index (χ3v) is 1.74. The van der Waals surface area contributed by atoms with E-state index in [0.717, 1.165) is 5.76 Å². The van der Waals surface area contributed by atoms with E-state index in [4.69, 9.17) is 4.42 Å². The molecule has 1 aromatic heterocycles. The molecule has 0 saturated heterocycles. The first-order valence-electron chi connectivity index (χ1n) is 4.13. The molecule has 4 nitrogen and oxygen atoms in total. The normalized spacial score (nSPS) is 9.69. The minimum atomic E-state index is -0.334. The van der Waals surface area contributed by atoms with Gasteiger partial charge < -0.3 is 14.1 Å². The van der Waals surface area contributed by atoms with E-state index in [1.807, 2.05) is 13.0 Å². The Balaban J connectivity index is 2.54. The van der Waals surface area contributed by atoms with Crippen molar-refractivity contribution >= 4 is 6.09 Å². The molecule has 0 aliphatic heterocycles. The van der Waals surface area contributed by atoms with Crippen molar-refractivity contribution in [2.75, 3.05) is 13.7 Å². The molecular formula is C9H13NO3. The Morgan fingerprint density at radius 2 is 2.46 bits per heavy atom. The van der Waals surface area contributed by atoms with E-state index >= 15 is 0 Å². The zero-order chi connectivity index (χ0) is 9.68. The first-order chi connectivity index (χ1) is 6.27. The van der Waals surface area contributed by atoms with Crippen LogP contribution in [0.5, 0.6) is 0 Å². The fourth-order valence-corrected chi connectivity index (χ4v) is 1.03. The van der Waals surface area contributed by atoms with Gasteiger partial charge in [0.05, 0.1) is 19.9 Å². The average Bonchev–Trinajstić information content (AvgIpc) is 2.65. The van der Waals surface area contributed by atoms with E-state index in [1.165, 1.54) is 7.11 Å². The number of hydrogen-bond acceptors (Lipinski definition) is 3. The van der Waals surface area contributed by atoms with E-state index in [9.17, 15) is 4.79 Å². The molecule has 0 saturated carbocycles. The topological polar surface area (TPSA) is 42.7 Å². The minimum Gasteiger partial charge on any atom is -0.467 e. The molecule has 1 amide bonds. The first-order valence-corrected chi connectivity index (χ1v) is 4.13. The van der Waals surface area contributed by atoms with Crippen LogP contribution < -0.4 is 0 Å². The fourth-order valence-electron chi connectivity index (χ4n) is 1.03. The summed E-state index contributed by atoms with van der Waals surface area (Å²) in [6, 6.07) is 3.62. The lowest BCUT2D eigenvalue weighted by molar-refractivity contribution is 0.120. The van der Waals surface area contributed by atoms with E-state index in [0.29, 0.717) is 13.1 Å². The zero-order valence-electron chi connectivity index (χ0n) is 7.82. The molecule has 0 spiro atoms. The number of nitrogens with zero attached hydrogens (tertiary/aromatic N) is 1. The van der Waals surface area contributed by atoms with Crippen LogP contribution in [0.15, 0.2) is 22.8 Å². The lowest BCUT2D eigenvalue weighted by Crippen LogP contribution is -2.29. The number of methoxy groups -OCH3 is 1. The summed E-state index contributed by atoms with van der Waals surface area (Å²) in [5.41, 5.74) is 0. The Morgan fingerprint density at radius 3 is 2.92 bits per heavy atom. The summed E-state index contributed by atoms with van der Waals surface area (Å²) in [6.07, 6.45) is 1.25. The van der Waals surface area contributed by atoms with Crippen LogP contribution in [0.25, 0.3) is 0 Å². The highest BCUT2D eigenvalue weighted by molar-refractivity contribution is 5.67. The van der Waals surface area contributed by atoms with Crippen molar-refractivity contribution < 1.29 is 13.9 Å². The Bertz CT molecular complexity index is 256. The summed E-state index contributed by atoms with van der Waals surface area (Å²) in [6.45, 7) is 2.95. The van der Waals surface area contributed by atoms with Crippen molar-refractivity contribution in [3.63, 3.8) is 0 Å². The Labute approximate surface area is 77.1 Å². The standard InChI is InChI=1S/C9H13NO3/c1-3-10(9(11)12-2)7-8-5-4-6-13-8/h4-6H,3,7H2,1-2H3. The van der Waals surface area contributed by atoms with Crippen LogP contribution in [-0.2, 0) is 11.3 Å². The van der Waals surface area contributed by atoms with E-state index < -0.39 is 0 Å². The second kappa shape index (κ2) is 4.54. The molecule has 0 aliphatic carbocycles. The van der Waals surface area contributed by atoms with Gasteiger partial charge in [0.15, 0.2) is 0 Å². The van der Waals surface area contributed by atoms with Gasteiger partial charge in [-0.15, -0.1) is 0 Å². The number of amides is 1. The molecule has 13 heavy (non-hydrogen) atoms. The highest BCUT2D eigenvalue weighted by Crippen LogP contribution is 2.05. The van der Waals surface area contributed by atoms with Crippen LogP contribution >= 0.6 is 0 Å². The van der Waals surface area contributed by atoms with Crippen LogP contribution in [0.3, 0.4) is 0 Å². The number of furan rings is 1. The van der Waals surface area contributed by atoms with Gasteiger partial charge in [-0.1, -0.05) is 0 Å². The van der Waals surface area contributed by atoms with Gasteiger partial charge in [-0.3, -0.25) is 0 Å². The van der Waals surface area contributed by atoms with Gasteiger partial charge in [0.1, 0.15) is 5.76 Å². The molecule has 0 radical (unpaired) electrons. The van der Waals surface area contributed by atoms with Gasteiger partial charge in [-0.2, -0.15) is 0 Å². The summed E-state index contributed by atoms with van der Waals surface area (Å²) in [7, 11) is 1.37. The van der Waals surface area contributed by atoms with Crippen molar-refractivity contribution in [1.82, 2.24) is 4.90 Å². The molecule has 4 heteroatoms. The highest BCUT2D eigenvalue weighted by Gasteiger charge is 2.12. The van der Waals surface area contributed by atoms with Crippen LogP contribution in [-0.4, -0.2) is 24.6 Å². The van der Waals surface area contributed by atoms with Crippen LogP contribution in [0, 0.1) is 0 Å². The molecule has 1 aromatic rings. The summed E-state index contributed by atoms with van der Waals surface area (Å²) >= 11 is 0. The van der Waals surface area contributed by atoms with Crippen molar-refractivity contribution in [3.8, 4) is 0 Å². The molecule has 0 atom stereocenters. The molecule has 0 bridgehead atoms. The SMILES string of the molecule is CCN(Cc1ccco1)C(=O)OC. The lowest BCUT2D eigenvalue weighted by atomic mass is 10.4. The molecule has 0 aliphatic rings. The van der Waals surface area contributed by atoms with Gasteiger partial charge in [0.25, 0.3) is 0 Å². The molecule has 1 rings (SSSR count). The third-order valence-electron chi connectivity index (χ3n) is 1.74. The second-order valence-corrected chi connectivity index (χ2v) is 2.56. The lowest BCUT2D eigenvalue weighted by Gasteiger charge is -2.17. The number of rotatable bonds is 3. The third kappa shape index (κ3) is 2.50. The molecule has 0 N–H and O–H groups in total. The Kier molecular flexibility index (Phi) is 3.37. The maximum atomic E-state index is 11.1. The maximum absolute atomic E-state index is 11.1. The van der Waals surface area contributed by atoms with Gasteiger partial charge in [0.2, 0.25) is 0 Å². The fraction of sp³-hybridized carbons (Fsp3) is 0.444. The smallest absolute Gasteiger partial charge is 0.409 e. The molecule has 72 valence electrons. The van der Waals surface area contributed by atoms with Gasteiger partial charge in [0, 0.05) is 6.54 Å². The maximum Gasteiger partial charge on any atom is 0.409 e. The predicted molar refractivity (Wildman–Crippen MR) is 47.2 cm³/mol. The summed E-state index contributed by atoms with van der Waals surface area (Å²) < 4.78 is 9.71. The van der Waals surface area contributed by atoms with Crippen LogP contribution in [0.2, 0.25) is 0 Å². The van der Waals surface area contributed by atoms with Crippen molar-refractivity contribution in [2.24, 2.45) is 0 Å². The monoisotopic (exact) mass is 183 g/mol. The average molecular weight is 183 g/mol. The number of carbonyl (C=O) groups is 1. The largest absolute Gasteiger partial charge is 0.467 e. The van der Waals surface area contributed by atoms with Crippen LogP contribution in [0.4, 0.5) is 4.79 Å². The number of carbonyl (C=O) groups excluding carboxylic acids is 1. The molecule has 0 fully saturated rings. The minimum absolute atomic E-state index is 0.334. The van der Waals surface area contributed by atoms with Gasteiger partial charge >= 0.3 is 6.09 Å². The second-order valence-electron chi connectivity index (χ2n) is 2.56. The van der Waals surface area contributed by atoms with E-state index in [1.54, 1.807) is 17.2 Å². The Hall–Kier alpha value is -1.45. The number of ether oxygens (including phenoxy) is 1. The number of hydrogen-bond donors (Lipinski definition) is 0. The first kappa shape index (κ1) is 9.64. The molecule has 0 aromatic carbocycles. The van der Waals surface area contributed by atoms with E-state index in [2.05, 4.69) is 4.74 Å². The molecular weight excluding hydrogens is 170 g/mol. The van der Waals surface area contributed by atoms with Gasteiger partial charge in [-0.05, 0) is 19.1 Å². The van der Waals surface area contributed by atoms with Crippen LogP contribution in [0.1, 0.15) is 12.7 Å². The molecule has 0 unspecified atom stereocenters. The Morgan fingerprint density at radius 1 is 1.69 bits per heavy atom. The molecule has 1 heterocycles. The summed E-state index contributed by atoms with van der Waals surface area (Å²) in [4.78, 5) is 12.7. The van der Waals surface area contributed by atoms with Crippen molar-refractivity contribution in [2.45, 2.75) is 13.5 Å². The zero-order valence-corrected chi connectivity index (χ0v) is 7.82. The van der Waals surface area contributed by atoms with Crippen molar-refractivity contribution in [1.29, 1.82) is 0 Å². The summed E-state index contributed by atoms with van der Waals surface area (Å²) in [5, 5.41) is 0. The predicted octanol–water partition coefficient (Wildman–Crippen LogP) is 1.87. The van der Waals surface area contributed by atoms with E-state index in [-0.39, 0.29) is 6.09 Å². The summed E-state index contributed by atoms with van der Waals surface area (Å²) in [5.74, 6) is 0.757. The van der Waals surface area contributed by atoms with Gasteiger partial charge in [-0.25, -0.2) is 4.79 Å². The van der Waals surface area contributed by atoms with Crippen molar-refractivity contribution in [3.05, 3.63) is 24.2 Å². The quantitative estimate of drug-likeness (QED) is 0.718. The highest BCUT2D eigenvalue weighted by atomic mass is 16.5.